The second-order valence-electron chi connectivity index (χ2n) is 6.93. The molecule has 1 saturated heterocycles. The first kappa shape index (κ1) is 12.0. The summed E-state index contributed by atoms with van der Waals surface area (Å²) in [6.45, 7) is 7.33. The van der Waals surface area contributed by atoms with Gasteiger partial charge in [0.2, 0.25) is 0 Å². The fourth-order valence-electron chi connectivity index (χ4n) is 3.59. The van der Waals surface area contributed by atoms with E-state index < -0.39 is 0 Å². The summed E-state index contributed by atoms with van der Waals surface area (Å²) in [6, 6.07) is 0.850. The highest BCUT2D eigenvalue weighted by Crippen LogP contribution is 2.42. The van der Waals surface area contributed by atoms with E-state index in [0.29, 0.717) is 0 Å². The van der Waals surface area contributed by atoms with Crippen LogP contribution >= 0.6 is 0 Å². The minimum absolute atomic E-state index is 0.850. The zero-order chi connectivity index (χ0) is 11.8. The molecule has 0 aromatic heterocycles. The lowest BCUT2D eigenvalue weighted by Gasteiger charge is -2.28. The molecule has 2 unspecified atom stereocenters. The largest absolute Gasteiger partial charge is 0.255 e. The molecule has 0 spiro atoms. The van der Waals surface area contributed by atoms with Gasteiger partial charge in [-0.3, -0.25) is 5.43 Å². The van der Waals surface area contributed by atoms with Crippen LogP contribution in [0.3, 0.4) is 0 Å². The third kappa shape index (κ3) is 3.03. The average molecular weight is 236 g/mol. The highest BCUT2D eigenvalue weighted by atomic mass is 15.5. The van der Waals surface area contributed by atoms with Crippen molar-refractivity contribution in [2.75, 3.05) is 13.1 Å². The van der Waals surface area contributed by atoms with Crippen LogP contribution in [0.5, 0.6) is 0 Å². The molecular weight excluding hydrogens is 208 g/mol. The monoisotopic (exact) mass is 236 g/mol. The fourth-order valence-corrected chi connectivity index (χ4v) is 3.59. The molecule has 1 N–H and O–H groups in total. The Hall–Kier alpha value is -0.0800. The maximum Gasteiger partial charge on any atom is 0.0297 e. The van der Waals surface area contributed by atoms with E-state index in [1.165, 1.54) is 51.6 Å². The normalized spacial score (nSPS) is 36.4. The highest BCUT2D eigenvalue weighted by Gasteiger charge is 2.42. The molecule has 2 nitrogen and oxygen atoms in total. The minimum Gasteiger partial charge on any atom is -0.255 e. The number of hydrogen-bond acceptors (Lipinski definition) is 2. The van der Waals surface area contributed by atoms with Crippen molar-refractivity contribution in [3.63, 3.8) is 0 Å². The Labute approximate surface area is 106 Å². The van der Waals surface area contributed by atoms with Crippen LogP contribution in [0.4, 0.5) is 0 Å². The molecule has 3 atom stereocenters. The summed E-state index contributed by atoms with van der Waals surface area (Å²) in [5, 5.41) is 2.59. The first-order chi connectivity index (χ1) is 8.24. The van der Waals surface area contributed by atoms with Crippen molar-refractivity contribution in [3.8, 4) is 0 Å². The van der Waals surface area contributed by atoms with Gasteiger partial charge >= 0.3 is 0 Å². The highest BCUT2D eigenvalue weighted by molar-refractivity contribution is 4.94. The number of hydrogen-bond donors (Lipinski definition) is 1. The molecule has 0 aromatic rings. The van der Waals surface area contributed by atoms with E-state index in [4.69, 9.17) is 0 Å². The summed E-state index contributed by atoms with van der Waals surface area (Å²) in [4.78, 5) is 0. The second kappa shape index (κ2) is 4.89. The lowest BCUT2D eigenvalue weighted by Crippen LogP contribution is -2.45. The molecule has 2 heteroatoms. The van der Waals surface area contributed by atoms with Crippen molar-refractivity contribution in [3.05, 3.63) is 0 Å². The van der Waals surface area contributed by atoms with Gasteiger partial charge in [-0.1, -0.05) is 26.7 Å². The zero-order valence-electron chi connectivity index (χ0n) is 11.5. The predicted molar refractivity (Wildman–Crippen MR) is 71.5 cm³/mol. The Kier molecular flexibility index (Phi) is 3.45. The van der Waals surface area contributed by atoms with Gasteiger partial charge in [0.05, 0.1) is 0 Å². The van der Waals surface area contributed by atoms with Gasteiger partial charge in [0.15, 0.2) is 0 Å². The molecule has 0 radical (unpaired) electrons. The second-order valence-corrected chi connectivity index (χ2v) is 6.93. The first-order valence-corrected chi connectivity index (χ1v) is 7.74. The van der Waals surface area contributed by atoms with E-state index in [9.17, 15) is 0 Å². The van der Waals surface area contributed by atoms with E-state index >= 15 is 0 Å². The van der Waals surface area contributed by atoms with E-state index in [1.807, 2.05) is 0 Å². The van der Waals surface area contributed by atoms with Crippen molar-refractivity contribution in [2.24, 2.45) is 23.7 Å². The van der Waals surface area contributed by atoms with Crippen molar-refractivity contribution in [2.45, 2.75) is 58.4 Å². The summed E-state index contributed by atoms with van der Waals surface area (Å²) in [5.74, 6) is 3.86. The Balaban J connectivity index is 1.43. The molecule has 2 aliphatic carbocycles. The fraction of sp³-hybridized carbons (Fsp3) is 1.00. The molecule has 1 aliphatic heterocycles. The maximum absolute atomic E-state index is 3.75. The zero-order valence-corrected chi connectivity index (χ0v) is 11.5. The van der Waals surface area contributed by atoms with Crippen LogP contribution in [-0.4, -0.2) is 24.1 Å². The summed E-state index contributed by atoms with van der Waals surface area (Å²) in [7, 11) is 0. The number of nitrogens with one attached hydrogen (secondary N) is 1. The van der Waals surface area contributed by atoms with Crippen LogP contribution in [0.15, 0.2) is 0 Å². The van der Waals surface area contributed by atoms with Crippen LogP contribution in [0.25, 0.3) is 0 Å². The van der Waals surface area contributed by atoms with Gasteiger partial charge in [0.1, 0.15) is 0 Å². The molecule has 2 saturated carbocycles. The number of rotatable bonds is 6. The van der Waals surface area contributed by atoms with Crippen molar-refractivity contribution in [1.82, 2.24) is 10.4 Å². The Morgan fingerprint density at radius 3 is 2.59 bits per heavy atom. The Morgan fingerprint density at radius 2 is 1.94 bits per heavy atom. The van der Waals surface area contributed by atoms with Gasteiger partial charge in [0, 0.05) is 19.1 Å². The van der Waals surface area contributed by atoms with Crippen molar-refractivity contribution < 1.29 is 0 Å². The Bertz CT molecular complexity index is 258. The van der Waals surface area contributed by atoms with Gasteiger partial charge in [-0.05, 0) is 49.4 Å². The van der Waals surface area contributed by atoms with Crippen LogP contribution < -0.4 is 5.43 Å². The number of hydrazine groups is 1. The van der Waals surface area contributed by atoms with Gasteiger partial charge < -0.3 is 0 Å². The lowest BCUT2D eigenvalue weighted by atomic mass is 9.99. The molecule has 3 rings (SSSR count). The van der Waals surface area contributed by atoms with Crippen LogP contribution in [0.2, 0.25) is 0 Å². The molecule has 17 heavy (non-hydrogen) atoms. The van der Waals surface area contributed by atoms with Crippen LogP contribution in [-0.2, 0) is 0 Å². The summed E-state index contributed by atoms with van der Waals surface area (Å²) in [5.41, 5.74) is 3.75. The summed E-state index contributed by atoms with van der Waals surface area (Å²) < 4.78 is 0. The third-order valence-corrected chi connectivity index (χ3v) is 4.95. The molecule has 0 bridgehead atoms. The van der Waals surface area contributed by atoms with E-state index in [-0.39, 0.29) is 0 Å². The molecule has 3 fully saturated rings. The van der Waals surface area contributed by atoms with Gasteiger partial charge in [-0.15, -0.1) is 0 Å². The van der Waals surface area contributed by atoms with Crippen LogP contribution in [0, 0.1) is 23.7 Å². The van der Waals surface area contributed by atoms with Gasteiger partial charge in [-0.25, -0.2) is 5.01 Å². The molecule has 98 valence electrons. The Morgan fingerprint density at radius 1 is 1.18 bits per heavy atom. The average Bonchev–Trinajstić information content (AvgIpc) is 3.19. The third-order valence-electron chi connectivity index (χ3n) is 4.95. The molecule has 0 aromatic carbocycles. The first-order valence-electron chi connectivity index (χ1n) is 7.74. The minimum atomic E-state index is 0.850. The predicted octanol–water partition coefficient (Wildman–Crippen LogP) is 3.05. The SMILES string of the molecule is CC(CNN1CC[C@@H](C)C1C1CC1)CC1CC1. The molecular formula is C15H28N2. The quantitative estimate of drug-likeness (QED) is 0.762. The van der Waals surface area contributed by atoms with Crippen LogP contribution in [0.1, 0.15) is 52.4 Å². The van der Waals surface area contributed by atoms with E-state index in [1.54, 1.807) is 0 Å². The summed E-state index contributed by atoms with van der Waals surface area (Å²) >= 11 is 0. The molecule has 0 amide bonds. The van der Waals surface area contributed by atoms with Crippen molar-refractivity contribution in [1.29, 1.82) is 0 Å². The standard InChI is InChI=1S/C15H28N2/c1-11(9-13-3-4-13)10-16-17-8-7-12(2)15(17)14-5-6-14/h11-16H,3-10H2,1-2H3/t11?,12-,15?/m1/s1. The van der Waals surface area contributed by atoms with Crippen molar-refractivity contribution >= 4 is 0 Å². The van der Waals surface area contributed by atoms with Gasteiger partial charge in [0.25, 0.3) is 0 Å². The number of nitrogens with zero attached hydrogens (tertiary/aromatic N) is 1. The maximum atomic E-state index is 3.75. The van der Waals surface area contributed by atoms with E-state index in [2.05, 4.69) is 24.3 Å². The van der Waals surface area contributed by atoms with E-state index in [0.717, 1.165) is 29.7 Å². The molecule has 1 heterocycles. The topological polar surface area (TPSA) is 15.3 Å². The van der Waals surface area contributed by atoms with Gasteiger partial charge in [-0.2, -0.15) is 0 Å². The smallest absolute Gasteiger partial charge is 0.0297 e. The molecule has 3 aliphatic rings. The summed E-state index contributed by atoms with van der Waals surface area (Å²) in [6.07, 6.45) is 8.79. The lowest BCUT2D eigenvalue weighted by molar-refractivity contribution is 0.127.